The molecule has 2 unspecified atom stereocenters. The SMILES string of the molecule is COC1=C([N+](=O)[O-])C(S(=O)(=O)O)/C(=[N+](\[O-])O)C(S(=O)(=O)O)/C1=[N+](\[O-])O. The Labute approximate surface area is 137 Å². The maximum absolute atomic E-state index is 11.5. The van der Waals surface area contributed by atoms with E-state index in [0.29, 0.717) is 7.11 Å². The molecule has 0 fully saturated rings. The Morgan fingerprint density at radius 2 is 1.40 bits per heavy atom. The molecular formula is C7H9N3O13S2. The molecule has 0 radical (unpaired) electrons. The minimum atomic E-state index is -5.71. The quantitative estimate of drug-likeness (QED) is 0.122. The van der Waals surface area contributed by atoms with Gasteiger partial charge in [-0.05, 0) is 0 Å². The number of nitro groups is 1. The van der Waals surface area contributed by atoms with Crippen molar-refractivity contribution in [1.82, 2.24) is 0 Å². The molecule has 16 nitrogen and oxygen atoms in total. The first kappa shape index (κ1) is 20.3. The number of allylic oxidation sites excluding steroid dienone is 1. The molecule has 1 aliphatic rings. The van der Waals surface area contributed by atoms with Crippen LogP contribution in [0.2, 0.25) is 0 Å². The van der Waals surface area contributed by atoms with Crippen molar-refractivity contribution in [2.24, 2.45) is 0 Å². The van der Waals surface area contributed by atoms with Crippen molar-refractivity contribution >= 4 is 31.7 Å². The van der Waals surface area contributed by atoms with Gasteiger partial charge in [-0.25, -0.2) is 0 Å². The molecule has 0 amide bonds. The number of nitrogens with zero attached hydrogens (tertiary/aromatic N) is 3. The predicted octanol–water partition coefficient (Wildman–Crippen LogP) is -2.67. The van der Waals surface area contributed by atoms with Crippen LogP contribution in [0.4, 0.5) is 0 Å². The molecule has 18 heteroatoms. The van der Waals surface area contributed by atoms with Gasteiger partial charge in [0.2, 0.25) is 0 Å². The third kappa shape index (κ3) is 3.55. The Kier molecular flexibility index (Phi) is 5.13. The van der Waals surface area contributed by atoms with Gasteiger partial charge in [-0.1, -0.05) is 0 Å². The first-order valence-electron chi connectivity index (χ1n) is 5.57. The van der Waals surface area contributed by atoms with E-state index in [-0.39, 0.29) is 0 Å². The Hall–Kier alpha value is -2.70. The highest BCUT2D eigenvalue weighted by Crippen LogP contribution is 2.30. The number of rotatable bonds is 4. The van der Waals surface area contributed by atoms with Crippen LogP contribution < -0.4 is 0 Å². The molecule has 4 N–H and O–H groups in total. The van der Waals surface area contributed by atoms with Gasteiger partial charge in [-0.3, -0.25) is 29.6 Å². The summed E-state index contributed by atoms with van der Waals surface area (Å²) in [6.07, 6.45) is 0. The van der Waals surface area contributed by atoms with Crippen molar-refractivity contribution in [2.75, 3.05) is 7.11 Å². The van der Waals surface area contributed by atoms with E-state index in [0.717, 1.165) is 0 Å². The van der Waals surface area contributed by atoms with Crippen LogP contribution in [0.25, 0.3) is 0 Å². The summed E-state index contributed by atoms with van der Waals surface area (Å²) in [6, 6.07) is 0. The molecule has 0 aliphatic heterocycles. The van der Waals surface area contributed by atoms with Gasteiger partial charge in [0.15, 0.2) is 0 Å². The normalized spacial score (nSPS) is 26.2. The van der Waals surface area contributed by atoms with Gasteiger partial charge in [0.05, 0.1) is 12.0 Å². The zero-order valence-electron chi connectivity index (χ0n) is 11.8. The summed E-state index contributed by atoms with van der Waals surface area (Å²) in [4.78, 5) is 6.67. The van der Waals surface area contributed by atoms with E-state index < -0.39 is 68.3 Å². The molecule has 142 valence electrons. The van der Waals surface area contributed by atoms with Crippen molar-refractivity contribution < 1.29 is 55.8 Å². The molecule has 0 bridgehead atoms. The van der Waals surface area contributed by atoms with E-state index in [4.69, 9.17) is 19.5 Å². The number of hydrogen-bond donors (Lipinski definition) is 4. The standard InChI is InChI=1S/C7H9N3O13S2/c1-23-5-2(8(11)12)6(24(17,18)19)4(10(15)16)7(25(20,21)22)3(5)9(13)14/h6-7H,1H3,(H,11,12)(H,15,16)(H,17,18,19)(H,20,21,22). The van der Waals surface area contributed by atoms with E-state index >= 15 is 0 Å². The first-order valence-corrected chi connectivity index (χ1v) is 8.58. The average Bonchev–Trinajstić information content (AvgIpc) is 2.41. The number of hydrogen-bond acceptors (Lipinski definition) is 11. The minimum absolute atomic E-state index is 0.587. The van der Waals surface area contributed by atoms with E-state index in [1.54, 1.807) is 0 Å². The molecule has 2 atom stereocenters. The molecule has 0 saturated carbocycles. The molecule has 0 aromatic heterocycles. The molecule has 25 heavy (non-hydrogen) atoms. The fourth-order valence-corrected chi connectivity index (χ4v) is 4.25. The van der Waals surface area contributed by atoms with Crippen molar-refractivity contribution in [3.8, 4) is 0 Å². The topological polar surface area (TPSA) is 254 Å². The van der Waals surface area contributed by atoms with Crippen molar-refractivity contribution in [2.45, 2.75) is 10.5 Å². The highest BCUT2D eigenvalue weighted by Gasteiger charge is 2.65. The van der Waals surface area contributed by atoms with Crippen LogP contribution in [-0.4, -0.2) is 80.1 Å². The smallest absolute Gasteiger partial charge is 0.325 e. The molecule has 0 saturated heterocycles. The third-order valence-corrected chi connectivity index (χ3v) is 5.04. The Bertz CT molecular complexity index is 903. The maximum atomic E-state index is 11.5. The molecule has 0 spiro atoms. The maximum Gasteiger partial charge on any atom is 0.325 e. The summed E-state index contributed by atoms with van der Waals surface area (Å²) in [7, 11) is -10.8. The molecule has 0 aromatic rings. The largest absolute Gasteiger partial charge is 0.486 e. The van der Waals surface area contributed by atoms with Crippen LogP contribution in [0.1, 0.15) is 0 Å². The van der Waals surface area contributed by atoms with Crippen LogP contribution >= 0.6 is 0 Å². The lowest BCUT2D eigenvalue weighted by atomic mass is 9.97. The molecule has 0 aromatic carbocycles. The fraction of sp³-hybridized carbons (Fsp3) is 0.429. The van der Waals surface area contributed by atoms with Crippen LogP contribution in [0.3, 0.4) is 0 Å². The molecule has 1 rings (SSSR count). The fourth-order valence-electron chi connectivity index (χ4n) is 2.15. The van der Waals surface area contributed by atoms with Gasteiger partial charge in [0.25, 0.3) is 42.2 Å². The van der Waals surface area contributed by atoms with Gasteiger partial charge < -0.3 is 15.2 Å². The van der Waals surface area contributed by atoms with E-state index in [1.807, 2.05) is 0 Å². The highest BCUT2D eigenvalue weighted by atomic mass is 32.2. The Balaban J connectivity index is 4.30. The lowest BCUT2D eigenvalue weighted by Gasteiger charge is -2.22. The number of methoxy groups -OCH3 is 1. The summed E-state index contributed by atoms with van der Waals surface area (Å²) in [5.41, 5.74) is -5.45. The third-order valence-electron chi connectivity index (χ3n) is 2.92. The lowest BCUT2D eigenvalue weighted by molar-refractivity contribution is -0.731. The van der Waals surface area contributed by atoms with E-state index in [1.165, 1.54) is 0 Å². The van der Waals surface area contributed by atoms with E-state index in [2.05, 4.69) is 4.74 Å². The zero-order valence-corrected chi connectivity index (χ0v) is 13.4. The van der Waals surface area contributed by atoms with Crippen molar-refractivity contribution in [1.29, 1.82) is 0 Å². The second-order valence-electron chi connectivity index (χ2n) is 4.32. The van der Waals surface area contributed by atoms with Crippen molar-refractivity contribution in [3.05, 3.63) is 32.0 Å². The van der Waals surface area contributed by atoms with Crippen LogP contribution in [0, 0.1) is 20.5 Å². The van der Waals surface area contributed by atoms with Crippen molar-refractivity contribution in [3.63, 3.8) is 0 Å². The molecule has 0 heterocycles. The number of ether oxygens (including phenoxy) is 1. The summed E-state index contributed by atoms with van der Waals surface area (Å²) in [5.74, 6) is -1.49. The highest BCUT2D eigenvalue weighted by molar-refractivity contribution is 7.89. The summed E-state index contributed by atoms with van der Waals surface area (Å²) < 4.78 is 68.5. The second-order valence-corrected chi connectivity index (χ2v) is 7.32. The first-order chi connectivity index (χ1) is 11.2. The zero-order chi connectivity index (χ0) is 19.9. The van der Waals surface area contributed by atoms with Gasteiger partial charge in [0, 0.05) is 9.80 Å². The van der Waals surface area contributed by atoms with Crippen LogP contribution in [-0.2, 0) is 25.0 Å². The van der Waals surface area contributed by atoms with E-state index in [9.17, 15) is 37.4 Å². The predicted molar refractivity (Wildman–Crippen MR) is 72.5 cm³/mol. The summed E-state index contributed by atoms with van der Waals surface area (Å²) in [6.45, 7) is 0. The van der Waals surface area contributed by atoms with Gasteiger partial charge in [-0.2, -0.15) is 16.8 Å². The lowest BCUT2D eigenvalue weighted by Crippen LogP contribution is -2.57. The van der Waals surface area contributed by atoms with Crippen LogP contribution in [0.15, 0.2) is 11.5 Å². The van der Waals surface area contributed by atoms with Gasteiger partial charge in [0.1, 0.15) is 0 Å². The van der Waals surface area contributed by atoms with Crippen LogP contribution in [0.5, 0.6) is 0 Å². The monoisotopic (exact) mass is 407 g/mol. The summed E-state index contributed by atoms with van der Waals surface area (Å²) in [5, 5.41) is 45.3. The van der Waals surface area contributed by atoms with Gasteiger partial charge >= 0.3 is 11.4 Å². The minimum Gasteiger partial charge on any atom is -0.486 e. The summed E-state index contributed by atoms with van der Waals surface area (Å²) >= 11 is 0. The molecule has 1 aliphatic carbocycles. The second kappa shape index (κ2) is 6.31. The average molecular weight is 407 g/mol. The Morgan fingerprint density at radius 3 is 1.64 bits per heavy atom. The molecular weight excluding hydrogens is 398 g/mol. The van der Waals surface area contributed by atoms with Gasteiger partial charge in [-0.15, -0.1) is 0 Å². The Morgan fingerprint density at radius 1 is 0.960 bits per heavy atom.